The molecule has 7 heteroatoms. The summed E-state index contributed by atoms with van der Waals surface area (Å²) in [5.41, 5.74) is 0. The van der Waals surface area contributed by atoms with Crippen molar-refractivity contribution < 1.29 is 22.5 Å². The van der Waals surface area contributed by atoms with Gasteiger partial charge in [0.05, 0.1) is 6.54 Å². The lowest BCUT2D eigenvalue weighted by atomic mass is 10.2. The summed E-state index contributed by atoms with van der Waals surface area (Å²) in [5, 5.41) is 0. The molecule has 0 aromatic rings. The summed E-state index contributed by atoms with van der Waals surface area (Å²) in [6, 6.07) is 0. The highest BCUT2D eigenvalue weighted by molar-refractivity contribution is 7.87. The molecule has 6 nitrogen and oxygen atoms in total. The van der Waals surface area contributed by atoms with Crippen molar-refractivity contribution in [2.24, 2.45) is 0 Å². The van der Waals surface area contributed by atoms with Crippen molar-refractivity contribution in [3.05, 3.63) is 12.7 Å². The molecule has 0 saturated carbocycles. The van der Waals surface area contributed by atoms with Gasteiger partial charge in [-0.1, -0.05) is 19.9 Å². The van der Waals surface area contributed by atoms with Gasteiger partial charge in [0.25, 0.3) is 0 Å². The minimum absolute atomic E-state index is 0.0175. The van der Waals surface area contributed by atoms with Gasteiger partial charge in [0, 0.05) is 12.5 Å². The van der Waals surface area contributed by atoms with Crippen LogP contribution in [0.25, 0.3) is 0 Å². The van der Waals surface area contributed by atoms with E-state index in [2.05, 4.69) is 6.58 Å². The molecule has 0 saturated heterocycles. The first-order valence-corrected chi connectivity index (χ1v) is 6.59. The Morgan fingerprint density at radius 2 is 2.06 bits per heavy atom. The maximum atomic E-state index is 11.4. The highest BCUT2D eigenvalue weighted by atomic mass is 32.2. The van der Waals surface area contributed by atoms with E-state index in [1.54, 1.807) is 21.0 Å². The van der Waals surface area contributed by atoms with Crippen LogP contribution >= 0.6 is 0 Å². The van der Waals surface area contributed by atoms with Crippen molar-refractivity contribution >= 4 is 16.1 Å². The van der Waals surface area contributed by atoms with Gasteiger partial charge in [-0.15, -0.1) is 0 Å². The van der Waals surface area contributed by atoms with Gasteiger partial charge < -0.3 is 9.64 Å². The van der Waals surface area contributed by atoms with Crippen LogP contribution in [-0.4, -0.2) is 49.4 Å². The molecule has 1 unspecified atom stereocenters. The van der Waals surface area contributed by atoms with E-state index in [1.165, 1.54) is 4.90 Å². The van der Waals surface area contributed by atoms with Crippen molar-refractivity contribution in [2.45, 2.75) is 24.7 Å². The van der Waals surface area contributed by atoms with Crippen molar-refractivity contribution in [1.82, 2.24) is 4.90 Å². The third-order valence-corrected chi connectivity index (χ3v) is 3.47. The first-order chi connectivity index (χ1) is 7.68. The Kier molecular flexibility index (Phi) is 5.80. The maximum absolute atomic E-state index is 11.4. The first kappa shape index (κ1) is 16.1. The molecule has 17 heavy (non-hydrogen) atoms. The zero-order valence-electron chi connectivity index (χ0n) is 10.3. The molecule has 0 aliphatic heterocycles. The van der Waals surface area contributed by atoms with Crippen molar-refractivity contribution in [3.63, 3.8) is 0 Å². The summed E-state index contributed by atoms with van der Waals surface area (Å²) in [7, 11) is -1.28. The van der Waals surface area contributed by atoms with Gasteiger partial charge in [-0.25, -0.2) is 4.79 Å². The molecular weight excluding hydrogens is 246 g/mol. The van der Waals surface area contributed by atoms with Crippen molar-refractivity contribution in [1.29, 1.82) is 0 Å². The molecule has 0 amide bonds. The molecule has 0 rings (SSSR count). The van der Waals surface area contributed by atoms with E-state index in [1.807, 2.05) is 0 Å². The van der Waals surface area contributed by atoms with Crippen molar-refractivity contribution in [2.75, 3.05) is 20.6 Å². The summed E-state index contributed by atoms with van der Waals surface area (Å²) in [4.78, 5) is 10.8. The number of rotatable bonds is 7. The van der Waals surface area contributed by atoms with Gasteiger partial charge in [0.15, 0.2) is 0 Å². The average Bonchev–Trinajstić information content (AvgIpc) is 2.15. The van der Waals surface area contributed by atoms with Crippen LogP contribution in [0, 0.1) is 0 Å². The van der Waals surface area contributed by atoms with Crippen LogP contribution in [-0.2, 0) is 19.6 Å². The van der Waals surface area contributed by atoms with E-state index >= 15 is 0 Å². The second-order valence-corrected chi connectivity index (χ2v) is 5.69. The quantitative estimate of drug-likeness (QED) is 0.413. The molecule has 1 atom stereocenters. The molecule has 0 aromatic carbocycles. The molecular formula is C10H19NO5S. The highest BCUT2D eigenvalue weighted by Crippen LogP contribution is 2.26. The Bertz CT molecular complexity index is 376. The second kappa shape index (κ2) is 6.13. The molecule has 0 spiro atoms. The Labute approximate surface area is 102 Å². The van der Waals surface area contributed by atoms with Crippen molar-refractivity contribution in [3.8, 4) is 0 Å². The van der Waals surface area contributed by atoms with Crippen LogP contribution in [0.5, 0.6) is 0 Å². The molecule has 1 N–H and O–H groups in total. The number of carbonyl (C=O) groups is 1. The molecule has 0 fully saturated rings. The Hall–Kier alpha value is -0.920. The van der Waals surface area contributed by atoms with Gasteiger partial charge in [0.1, 0.15) is 0 Å². The standard InChI is InChI=1S/C10H19NO5S/c1-5-7-10(8-11(3)4,17(13,14)15)16-9(12)6-2/h6H,2,5,7-8H2,1,3-4H3,(H,13,14,15). The van der Waals surface area contributed by atoms with Crippen LogP contribution in [0.3, 0.4) is 0 Å². The topological polar surface area (TPSA) is 83.9 Å². The molecule has 0 radical (unpaired) electrons. The van der Waals surface area contributed by atoms with Gasteiger partial charge >= 0.3 is 16.1 Å². The Balaban J connectivity index is 5.39. The molecule has 100 valence electrons. The summed E-state index contributed by atoms with van der Waals surface area (Å²) >= 11 is 0. The smallest absolute Gasteiger partial charge is 0.331 e. The summed E-state index contributed by atoms with van der Waals surface area (Å²) in [6.45, 7) is 4.82. The third-order valence-electron chi connectivity index (χ3n) is 2.11. The fourth-order valence-electron chi connectivity index (χ4n) is 1.51. The zero-order chi connectivity index (χ0) is 13.7. The molecule has 0 aliphatic carbocycles. The Morgan fingerprint density at radius 3 is 2.35 bits per heavy atom. The number of likely N-dealkylation sites (N-methyl/N-ethyl adjacent to an activating group) is 1. The van der Waals surface area contributed by atoms with E-state index < -0.39 is 21.0 Å². The van der Waals surface area contributed by atoms with E-state index in [9.17, 15) is 17.8 Å². The number of carbonyl (C=O) groups excluding carboxylic acids is 1. The van der Waals surface area contributed by atoms with E-state index in [0.717, 1.165) is 6.08 Å². The SMILES string of the molecule is C=CC(=O)OC(CCC)(CN(C)C)S(=O)(=O)O. The number of hydrogen-bond donors (Lipinski definition) is 1. The van der Waals surface area contributed by atoms with Gasteiger partial charge in [-0.3, -0.25) is 4.55 Å². The molecule has 0 heterocycles. The summed E-state index contributed by atoms with van der Waals surface area (Å²) < 4.78 is 37.0. The fourth-order valence-corrected chi connectivity index (χ4v) is 2.58. The second-order valence-electron chi connectivity index (χ2n) is 4.00. The van der Waals surface area contributed by atoms with Crippen LogP contribution in [0.4, 0.5) is 0 Å². The molecule has 0 aromatic heterocycles. The van der Waals surface area contributed by atoms with Crippen LogP contribution in [0.1, 0.15) is 19.8 Å². The van der Waals surface area contributed by atoms with E-state index in [0.29, 0.717) is 6.42 Å². The van der Waals surface area contributed by atoms with Gasteiger partial charge in [-0.05, 0) is 14.1 Å². The average molecular weight is 265 g/mol. The molecule has 0 aliphatic rings. The number of ether oxygens (including phenoxy) is 1. The van der Waals surface area contributed by atoms with Crippen LogP contribution in [0.2, 0.25) is 0 Å². The van der Waals surface area contributed by atoms with Gasteiger partial charge in [-0.2, -0.15) is 8.42 Å². The first-order valence-electron chi connectivity index (χ1n) is 5.15. The maximum Gasteiger partial charge on any atom is 0.331 e. The van der Waals surface area contributed by atoms with E-state index in [4.69, 9.17) is 4.74 Å². The lowest BCUT2D eigenvalue weighted by molar-refractivity contribution is -0.148. The number of esters is 1. The van der Waals surface area contributed by atoms with Crippen LogP contribution < -0.4 is 0 Å². The summed E-state index contributed by atoms with van der Waals surface area (Å²) in [6.07, 6.45) is 1.33. The monoisotopic (exact) mass is 265 g/mol. The summed E-state index contributed by atoms with van der Waals surface area (Å²) in [5.74, 6) is -0.877. The predicted molar refractivity (Wildman–Crippen MR) is 64.0 cm³/mol. The van der Waals surface area contributed by atoms with Gasteiger partial charge in [0.2, 0.25) is 4.93 Å². The van der Waals surface area contributed by atoms with Crippen LogP contribution in [0.15, 0.2) is 12.7 Å². The minimum Gasteiger partial charge on any atom is -0.435 e. The largest absolute Gasteiger partial charge is 0.435 e. The molecule has 0 bridgehead atoms. The number of nitrogens with zero attached hydrogens (tertiary/aromatic N) is 1. The lowest BCUT2D eigenvalue weighted by Crippen LogP contribution is -2.50. The minimum atomic E-state index is -4.52. The number of hydrogen-bond acceptors (Lipinski definition) is 5. The predicted octanol–water partition coefficient (Wildman–Crippen LogP) is 0.661. The zero-order valence-corrected chi connectivity index (χ0v) is 11.2. The normalized spacial score (nSPS) is 15.4. The highest BCUT2D eigenvalue weighted by Gasteiger charge is 2.46. The fraction of sp³-hybridized carbons (Fsp3) is 0.700. The Morgan fingerprint density at radius 1 is 1.53 bits per heavy atom. The lowest BCUT2D eigenvalue weighted by Gasteiger charge is -2.32. The van der Waals surface area contributed by atoms with E-state index in [-0.39, 0.29) is 13.0 Å². The third kappa shape index (κ3) is 4.45.